The third-order valence-electron chi connectivity index (χ3n) is 4.94. The van der Waals surface area contributed by atoms with Gasteiger partial charge in [0.1, 0.15) is 5.75 Å². The van der Waals surface area contributed by atoms with Gasteiger partial charge in [0.15, 0.2) is 0 Å². The van der Waals surface area contributed by atoms with Crippen molar-refractivity contribution >= 4 is 17.5 Å². The zero-order valence-corrected chi connectivity index (χ0v) is 16.2. The zero-order chi connectivity index (χ0) is 19.2. The van der Waals surface area contributed by atoms with E-state index in [1.165, 1.54) is 0 Å². The monoisotopic (exact) mass is 369 g/mol. The van der Waals surface area contributed by atoms with Crippen LogP contribution in [0, 0.1) is 6.92 Å². The van der Waals surface area contributed by atoms with Crippen LogP contribution in [0.3, 0.4) is 0 Å². The summed E-state index contributed by atoms with van der Waals surface area (Å²) in [5.74, 6) is 1.41. The molecule has 7 nitrogen and oxygen atoms in total. The van der Waals surface area contributed by atoms with E-state index in [4.69, 9.17) is 4.74 Å². The average Bonchev–Trinajstić information content (AvgIpc) is 2.69. The van der Waals surface area contributed by atoms with E-state index >= 15 is 0 Å². The smallest absolute Gasteiger partial charge is 0.238 e. The highest BCUT2D eigenvalue weighted by Crippen LogP contribution is 2.23. The van der Waals surface area contributed by atoms with Gasteiger partial charge in [-0.15, -0.1) is 0 Å². The third-order valence-corrected chi connectivity index (χ3v) is 4.94. The van der Waals surface area contributed by atoms with Crippen molar-refractivity contribution in [3.8, 4) is 5.75 Å². The fraction of sp³-hybridized carbons (Fsp3) is 0.450. The molecule has 0 atom stereocenters. The topological polar surface area (TPSA) is 70.6 Å². The lowest BCUT2D eigenvalue weighted by Gasteiger charge is -2.36. The first-order valence-electron chi connectivity index (χ1n) is 9.23. The first-order chi connectivity index (χ1) is 13.1. The van der Waals surface area contributed by atoms with Crippen LogP contribution >= 0.6 is 0 Å². The van der Waals surface area contributed by atoms with Crippen LogP contribution in [0.15, 0.2) is 36.7 Å². The predicted molar refractivity (Wildman–Crippen MR) is 106 cm³/mol. The summed E-state index contributed by atoms with van der Waals surface area (Å²) < 4.78 is 5.28. The van der Waals surface area contributed by atoms with Crippen LogP contribution in [0.2, 0.25) is 0 Å². The Hall–Kier alpha value is -2.67. The summed E-state index contributed by atoms with van der Waals surface area (Å²) in [6, 6.07) is 7.84. The number of hydrogen-bond acceptors (Lipinski definition) is 6. The number of likely N-dealkylation sites (tertiary alicyclic amines) is 1. The minimum Gasteiger partial charge on any atom is -0.495 e. The van der Waals surface area contributed by atoms with Crippen molar-refractivity contribution in [3.63, 3.8) is 0 Å². The number of piperidine rings is 1. The molecule has 0 unspecified atom stereocenters. The van der Waals surface area contributed by atoms with Crippen molar-refractivity contribution in [1.29, 1.82) is 0 Å². The van der Waals surface area contributed by atoms with E-state index in [1.54, 1.807) is 7.11 Å². The Morgan fingerprint density at radius 2 is 1.93 bits per heavy atom. The molecule has 1 aromatic heterocycles. The van der Waals surface area contributed by atoms with Gasteiger partial charge in [0, 0.05) is 38.6 Å². The standard InChI is InChI=1S/C20H27N5O2/c1-15-12-21-20(22-13-15)24(2)16-8-10-25(11-9-16)14-19(26)23-17-6-4-5-7-18(17)27-3/h4-7,12-13,16H,8-11,14H2,1-3H3,(H,23,26). The summed E-state index contributed by atoms with van der Waals surface area (Å²) in [7, 11) is 3.64. The molecular formula is C20H27N5O2. The Kier molecular flexibility index (Phi) is 6.24. The number of nitrogens with zero attached hydrogens (tertiary/aromatic N) is 4. The normalized spacial score (nSPS) is 15.4. The molecule has 1 amide bonds. The molecule has 0 spiro atoms. The summed E-state index contributed by atoms with van der Waals surface area (Å²) in [4.78, 5) is 25.5. The van der Waals surface area contributed by atoms with Crippen LogP contribution in [0.1, 0.15) is 18.4 Å². The molecule has 1 aliphatic rings. The van der Waals surface area contributed by atoms with E-state index in [-0.39, 0.29) is 5.91 Å². The molecule has 2 heterocycles. The highest BCUT2D eigenvalue weighted by atomic mass is 16.5. The zero-order valence-electron chi connectivity index (χ0n) is 16.2. The van der Waals surface area contributed by atoms with Gasteiger partial charge in [0.25, 0.3) is 0 Å². The van der Waals surface area contributed by atoms with Crippen molar-refractivity contribution in [2.45, 2.75) is 25.8 Å². The van der Waals surface area contributed by atoms with E-state index < -0.39 is 0 Å². The number of benzene rings is 1. The lowest BCUT2D eigenvalue weighted by molar-refractivity contribution is -0.117. The molecule has 0 radical (unpaired) electrons. The van der Waals surface area contributed by atoms with Gasteiger partial charge in [0.05, 0.1) is 19.3 Å². The number of aromatic nitrogens is 2. The van der Waals surface area contributed by atoms with Crippen molar-refractivity contribution in [3.05, 3.63) is 42.2 Å². The number of carbonyl (C=O) groups excluding carboxylic acids is 1. The summed E-state index contributed by atoms with van der Waals surface area (Å²) in [6.07, 6.45) is 5.65. The SMILES string of the molecule is COc1ccccc1NC(=O)CN1CCC(N(C)c2ncc(C)cn2)CC1. The molecule has 1 fully saturated rings. The van der Waals surface area contributed by atoms with Crippen molar-refractivity contribution in [1.82, 2.24) is 14.9 Å². The lowest BCUT2D eigenvalue weighted by Crippen LogP contribution is -2.46. The maximum absolute atomic E-state index is 12.4. The Morgan fingerprint density at radius 3 is 2.59 bits per heavy atom. The Labute approximate surface area is 160 Å². The molecule has 7 heteroatoms. The summed E-state index contributed by atoms with van der Waals surface area (Å²) in [5.41, 5.74) is 1.76. The number of para-hydroxylation sites is 2. The van der Waals surface area contributed by atoms with Gasteiger partial charge in [-0.05, 0) is 37.5 Å². The van der Waals surface area contributed by atoms with Crippen molar-refractivity contribution < 1.29 is 9.53 Å². The van der Waals surface area contributed by atoms with E-state index in [9.17, 15) is 4.79 Å². The Morgan fingerprint density at radius 1 is 1.26 bits per heavy atom. The minimum absolute atomic E-state index is 0.0202. The summed E-state index contributed by atoms with van der Waals surface area (Å²) in [5, 5.41) is 2.94. The molecule has 0 bridgehead atoms. The number of anilines is 2. The maximum atomic E-state index is 12.4. The molecule has 0 aliphatic carbocycles. The highest BCUT2D eigenvalue weighted by Gasteiger charge is 2.25. The van der Waals surface area contributed by atoms with Crippen LogP contribution < -0.4 is 15.0 Å². The van der Waals surface area contributed by atoms with Crippen molar-refractivity contribution in [2.75, 3.05) is 44.0 Å². The number of aryl methyl sites for hydroxylation is 1. The first-order valence-corrected chi connectivity index (χ1v) is 9.23. The molecule has 27 heavy (non-hydrogen) atoms. The van der Waals surface area contributed by atoms with Crippen LogP contribution in [-0.2, 0) is 4.79 Å². The molecular weight excluding hydrogens is 342 g/mol. The molecule has 2 aromatic rings. The molecule has 1 saturated heterocycles. The fourth-order valence-corrected chi connectivity index (χ4v) is 3.34. The molecule has 1 aliphatic heterocycles. The van der Waals surface area contributed by atoms with Crippen LogP contribution in [-0.4, -0.2) is 60.6 Å². The second-order valence-corrected chi connectivity index (χ2v) is 6.93. The molecule has 1 aromatic carbocycles. The largest absolute Gasteiger partial charge is 0.495 e. The van der Waals surface area contributed by atoms with E-state index in [0.29, 0.717) is 24.0 Å². The van der Waals surface area contributed by atoms with E-state index in [1.807, 2.05) is 50.6 Å². The summed E-state index contributed by atoms with van der Waals surface area (Å²) >= 11 is 0. The maximum Gasteiger partial charge on any atom is 0.238 e. The predicted octanol–water partition coefficient (Wildman–Crippen LogP) is 2.33. The van der Waals surface area contributed by atoms with E-state index in [2.05, 4.69) is 25.1 Å². The number of rotatable bonds is 6. The molecule has 3 rings (SSSR count). The van der Waals surface area contributed by atoms with Gasteiger partial charge in [-0.25, -0.2) is 9.97 Å². The van der Waals surface area contributed by atoms with Gasteiger partial charge in [-0.3, -0.25) is 9.69 Å². The molecule has 1 N–H and O–H groups in total. The number of amides is 1. The van der Waals surface area contributed by atoms with Crippen LogP contribution in [0.5, 0.6) is 5.75 Å². The number of methoxy groups -OCH3 is 1. The Balaban J connectivity index is 1.49. The van der Waals surface area contributed by atoms with Crippen LogP contribution in [0.25, 0.3) is 0 Å². The third kappa shape index (κ3) is 4.95. The van der Waals surface area contributed by atoms with Gasteiger partial charge < -0.3 is 15.0 Å². The fourth-order valence-electron chi connectivity index (χ4n) is 3.34. The number of ether oxygens (including phenoxy) is 1. The average molecular weight is 369 g/mol. The van der Waals surface area contributed by atoms with Gasteiger partial charge >= 0.3 is 0 Å². The summed E-state index contributed by atoms with van der Waals surface area (Å²) in [6.45, 7) is 4.12. The Bertz CT molecular complexity index is 757. The van der Waals surface area contributed by atoms with Gasteiger partial charge in [-0.1, -0.05) is 12.1 Å². The first kappa shape index (κ1) is 19.1. The van der Waals surface area contributed by atoms with Gasteiger partial charge in [0.2, 0.25) is 11.9 Å². The minimum atomic E-state index is -0.0202. The van der Waals surface area contributed by atoms with Gasteiger partial charge in [-0.2, -0.15) is 0 Å². The van der Waals surface area contributed by atoms with E-state index in [0.717, 1.165) is 37.4 Å². The number of hydrogen-bond donors (Lipinski definition) is 1. The van der Waals surface area contributed by atoms with Crippen LogP contribution in [0.4, 0.5) is 11.6 Å². The highest BCUT2D eigenvalue weighted by molar-refractivity contribution is 5.93. The van der Waals surface area contributed by atoms with Crippen molar-refractivity contribution in [2.24, 2.45) is 0 Å². The second kappa shape index (κ2) is 8.81. The molecule has 0 saturated carbocycles. The number of nitrogens with one attached hydrogen (secondary N) is 1. The molecule has 144 valence electrons. The lowest BCUT2D eigenvalue weighted by atomic mass is 10.0. The number of carbonyl (C=O) groups is 1. The second-order valence-electron chi connectivity index (χ2n) is 6.93. The quantitative estimate of drug-likeness (QED) is 0.843.